The molecule has 30 heavy (non-hydrogen) atoms. The third-order valence-corrected chi connectivity index (χ3v) is 6.09. The first kappa shape index (κ1) is 22.0. The Morgan fingerprint density at radius 2 is 1.87 bits per heavy atom. The van der Waals surface area contributed by atoms with Gasteiger partial charge in [-0.3, -0.25) is 14.6 Å². The van der Waals surface area contributed by atoms with Gasteiger partial charge in [0, 0.05) is 30.4 Å². The van der Waals surface area contributed by atoms with E-state index in [0.717, 1.165) is 29.7 Å². The molecule has 0 aliphatic heterocycles. The molecule has 1 fully saturated rings. The summed E-state index contributed by atoms with van der Waals surface area (Å²) < 4.78 is 0. The van der Waals surface area contributed by atoms with Crippen LogP contribution in [0, 0.1) is 19.8 Å². The Morgan fingerprint density at radius 1 is 1.07 bits per heavy atom. The van der Waals surface area contributed by atoms with E-state index in [1.807, 2.05) is 50.2 Å². The lowest BCUT2D eigenvalue weighted by molar-refractivity contribution is -0.123. The minimum atomic E-state index is -0.508. The number of carbonyl (C=O) groups is 2. The molecule has 1 aromatic heterocycles. The number of rotatable bonds is 8. The van der Waals surface area contributed by atoms with Crippen molar-refractivity contribution in [1.82, 2.24) is 15.6 Å². The molecule has 3 rings (SSSR count). The maximum Gasteiger partial charge on any atom is 0.251 e. The quantitative estimate of drug-likeness (QED) is 0.691. The predicted octanol–water partition coefficient (Wildman–Crippen LogP) is 4.13. The van der Waals surface area contributed by atoms with Crippen LogP contribution in [0.15, 0.2) is 42.6 Å². The van der Waals surface area contributed by atoms with Crippen LogP contribution in [0.25, 0.3) is 0 Å². The largest absolute Gasteiger partial charge is 0.354 e. The predicted molar refractivity (Wildman–Crippen MR) is 119 cm³/mol. The molecule has 0 bridgehead atoms. The molecule has 2 aromatic rings. The second kappa shape index (κ2) is 10.9. The van der Waals surface area contributed by atoms with Crippen LogP contribution in [-0.2, 0) is 11.2 Å². The third kappa shape index (κ3) is 6.41. The molecule has 5 heteroatoms. The molecule has 1 atom stereocenters. The van der Waals surface area contributed by atoms with Gasteiger partial charge in [-0.25, -0.2) is 0 Å². The Balaban J connectivity index is 1.63. The summed E-state index contributed by atoms with van der Waals surface area (Å²) in [5.41, 5.74) is 3.78. The van der Waals surface area contributed by atoms with Gasteiger partial charge in [0.2, 0.25) is 5.91 Å². The summed E-state index contributed by atoms with van der Waals surface area (Å²) in [6.45, 7) is 4.53. The van der Waals surface area contributed by atoms with Gasteiger partial charge < -0.3 is 10.6 Å². The van der Waals surface area contributed by atoms with Crippen LogP contribution in [-0.4, -0.2) is 29.4 Å². The lowest BCUT2D eigenvalue weighted by atomic mass is 9.84. The highest BCUT2D eigenvalue weighted by Gasteiger charge is 2.26. The molecule has 0 unspecified atom stereocenters. The number of carbonyl (C=O) groups excluding carboxylic acids is 2. The fourth-order valence-corrected chi connectivity index (χ4v) is 4.09. The van der Waals surface area contributed by atoms with E-state index in [1.165, 1.54) is 19.3 Å². The third-order valence-electron chi connectivity index (χ3n) is 6.09. The van der Waals surface area contributed by atoms with Crippen molar-refractivity contribution in [2.24, 2.45) is 5.92 Å². The zero-order valence-electron chi connectivity index (χ0n) is 18.1. The summed E-state index contributed by atoms with van der Waals surface area (Å²) in [7, 11) is 0. The second-order valence-corrected chi connectivity index (χ2v) is 8.43. The summed E-state index contributed by atoms with van der Waals surface area (Å²) >= 11 is 0. The molecule has 5 nitrogen and oxygen atoms in total. The average molecular weight is 408 g/mol. The zero-order valence-corrected chi connectivity index (χ0v) is 18.1. The first-order valence-electron chi connectivity index (χ1n) is 11.1. The molecule has 2 amide bonds. The molecule has 1 heterocycles. The topological polar surface area (TPSA) is 71.1 Å². The van der Waals surface area contributed by atoms with Crippen molar-refractivity contribution >= 4 is 11.8 Å². The van der Waals surface area contributed by atoms with Crippen LogP contribution >= 0.6 is 0 Å². The molecule has 0 spiro atoms. The second-order valence-electron chi connectivity index (χ2n) is 8.43. The molecule has 1 aromatic carbocycles. The van der Waals surface area contributed by atoms with Crippen LogP contribution in [0.4, 0.5) is 0 Å². The Labute approximate surface area is 179 Å². The number of aryl methyl sites for hydroxylation is 2. The molecule has 1 saturated carbocycles. The molecular formula is C25H33N3O2. The fourth-order valence-electron chi connectivity index (χ4n) is 4.09. The fraction of sp³-hybridized carbons (Fsp3) is 0.480. The van der Waals surface area contributed by atoms with Crippen LogP contribution in [0.1, 0.15) is 65.7 Å². The number of amides is 2. The summed E-state index contributed by atoms with van der Waals surface area (Å²) in [5.74, 6) is 0.206. The molecule has 0 radical (unpaired) electrons. The summed E-state index contributed by atoms with van der Waals surface area (Å²) in [4.78, 5) is 30.1. The van der Waals surface area contributed by atoms with Gasteiger partial charge in [-0.15, -0.1) is 0 Å². The first-order chi connectivity index (χ1) is 14.5. The Morgan fingerprint density at radius 3 is 2.57 bits per heavy atom. The SMILES string of the molecule is Cc1ccc(C(=O)N[C@H](CC2CCCCC2)C(=O)NCCc2ccccn2)cc1C. The Hall–Kier alpha value is -2.69. The number of benzene rings is 1. The first-order valence-corrected chi connectivity index (χ1v) is 11.1. The van der Waals surface area contributed by atoms with E-state index in [1.54, 1.807) is 6.20 Å². The highest BCUT2D eigenvalue weighted by molar-refractivity contribution is 5.97. The summed E-state index contributed by atoms with van der Waals surface area (Å²) in [6, 6.07) is 10.9. The van der Waals surface area contributed by atoms with Gasteiger partial charge >= 0.3 is 0 Å². The van der Waals surface area contributed by atoms with Gasteiger partial charge in [-0.2, -0.15) is 0 Å². The van der Waals surface area contributed by atoms with Crippen molar-refractivity contribution in [2.75, 3.05) is 6.54 Å². The van der Waals surface area contributed by atoms with Gasteiger partial charge in [0.25, 0.3) is 5.91 Å². The van der Waals surface area contributed by atoms with E-state index >= 15 is 0 Å². The van der Waals surface area contributed by atoms with E-state index in [2.05, 4.69) is 15.6 Å². The van der Waals surface area contributed by atoms with Gasteiger partial charge in [0.05, 0.1) is 0 Å². The van der Waals surface area contributed by atoms with Crippen LogP contribution in [0.5, 0.6) is 0 Å². The molecule has 1 aliphatic rings. The van der Waals surface area contributed by atoms with Crippen molar-refractivity contribution in [2.45, 2.75) is 64.8 Å². The molecule has 1 aliphatic carbocycles. The highest BCUT2D eigenvalue weighted by Crippen LogP contribution is 2.27. The zero-order chi connectivity index (χ0) is 21.3. The van der Waals surface area contributed by atoms with Gasteiger partial charge in [-0.05, 0) is 61.6 Å². The lowest BCUT2D eigenvalue weighted by Gasteiger charge is -2.26. The lowest BCUT2D eigenvalue weighted by Crippen LogP contribution is -2.48. The van der Waals surface area contributed by atoms with E-state index in [4.69, 9.17) is 0 Å². The molecular weight excluding hydrogens is 374 g/mol. The van der Waals surface area contributed by atoms with Crippen molar-refractivity contribution in [3.8, 4) is 0 Å². The van der Waals surface area contributed by atoms with Crippen molar-refractivity contribution in [3.05, 3.63) is 65.0 Å². The minimum absolute atomic E-state index is 0.103. The van der Waals surface area contributed by atoms with E-state index in [9.17, 15) is 9.59 Å². The number of hydrogen-bond acceptors (Lipinski definition) is 3. The standard InChI is InChI=1S/C25H33N3O2/c1-18-11-12-21(16-19(18)2)24(29)28-23(17-20-8-4-3-5-9-20)25(30)27-15-13-22-10-6-7-14-26-22/h6-7,10-12,14,16,20,23H,3-5,8-9,13,15,17H2,1-2H3,(H,27,30)(H,28,29)/t23-/m1/s1. The van der Waals surface area contributed by atoms with Gasteiger partial charge in [-0.1, -0.05) is 44.2 Å². The maximum absolute atomic E-state index is 12.9. The monoisotopic (exact) mass is 407 g/mol. The normalized spacial score (nSPS) is 15.4. The summed E-state index contributed by atoms with van der Waals surface area (Å²) in [6.07, 6.45) is 9.10. The van der Waals surface area contributed by atoms with Crippen LogP contribution in [0.2, 0.25) is 0 Å². The molecule has 160 valence electrons. The van der Waals surface area contributed by atoms with Gasteiger partial charge in [0.1, 0.15) is 6.04 Å². The van der Waals surface area contributed by atoms with Crippen LogP contribution in [0.3, 0.4) is 0 Å². The number of hydrogen-bond donors (Lipinski definition) is 2. The van der Waals surface area contributed by atoms with Crippen molar-refractivity contribution in [1.29, 1.82) is 0 Å². The van der Waals surface area contributed by atoms with Gasteiger partial charge in [0.15, 0.2) is 0 Å². The number of nitrogens with one attached hydrogen (secondary N) is 2. The smallest absolute Gasteiger partial charge is 0.251 e. The minimum Gasteiger partial charge on any atom is -0.354 e. The Kier molecular flexibility index (Phi) is 8.00. The van der Waals surface area contributed by atoms with E-state index in [-0.39, 0.29) is 11.8 Å². The van der Waals surface area contributed by atoms with E-state index in [0.29, 0.717) is 30.9 Å². The number of pyridine rings is 1. The average Bonchev–Trinajstić information content (AvgIpc) is 2.76. The molecule has 0 saturated heterocycles. The molecule has 2 N–H and O–H groups in total. The Bertz CT molecular complexity index is 845. The number of nitrogens with zero attached hydrogens (tertiary/aromatic N) is 1. The van der Waals surface area contributed by atoms with Crippen molar-refractivity contribution in [3.63, 3.8) is 0 Å². The number of aromatic nitrogens is 1. The van der Waals surface area contributed by atoms with Crippen LogP contribution < -0.4 is 10.6 Å². The highest BCUT2D eigenvalue weighted by atomic mass is 16.2. The van der Waals surface area contributed by atoms with Crippen molar-refractivity contribution < 1.29 is 9.59 Å². The maximum atomic E-state index is 12.9. The van der Waals surface area contributed by atoms with E-state index < -0.39 is 6.04 Å². The summed E-state index contributed by atoms with van der Waals surface area (Å²) in [5, 5.41) is 6.01.